The van der Waals surface area contributed by atoms with Crippen molar-refractivity contribution in [3.8, 4) is 0 Å². The highest BCUT2D eigenvalue weighted by Gasteiger charge is 2.23. The van der Waals surface area contributed by atoms with E-state index >= 15 is 0 Å². The van der Waals surface area contributed by atoms with Crippen LogP contribution in [-0.4, -0.2) is 74.9 Å². The fourth-order valence-electron chi connectivity index (χ4n) is 3.42. The normalized spacial score (nSPS) is 16.5. The zero-order valence-electron chi connectivity index (χ0n) is 17.5. The lowest BCUT2D eigenvalue weighted by atomic mass is 10.0. The Morgan fingerprint density at radius 3 is 2.66 bits per heavy atom. The van der Waals surface area contributed by atoms with Crippen molar-refractivity contribution >= 4 is 56.6 Å². The molecule has 1 aromatic carbocycles. The molecule has 1 saturated heterocycles. The summed E-state index contributed by atoms with van der Waals surface area (Å²) >= 11 is 1.68. The Hall–Kier alpha value is -1.17. The number of halogens is 1. The summed E-state index contributed by atoms with van der Waals surface area (Å²) in [6.07, 6.45) is 0. The third-order valence-corrected chi connectivity index (χ3v) is 5.97. The van der Waals surface area contributed by atoms with Gasteiger partial charge in [-0.15, -0.1) is 24.0 Å². The van der Waals surface area contributed by atoms with Gasteiger partial charge in [0.2, 0.25) is 0 Å². The highest BCUT2D eigenvalue weighted by Crippen LogP contribution is 2.24. The van der Waals surface area contributed by atoms with Gasteiger partial charge < -0.3 is 20.7 Å². The lowest BCUT2D eigenvalue weighted by Crippen LogP contribution is -2.52. The number of anilines is 1. The van der Waals surface area contributed by atoms with Gasteiger partial charge in [-0.05, 0) is 18.1 Å². The standard InChI is InChI=1S/C20H32N6OS.HI/c1-15(2)17(26-10-12-27-13-11-26)14-24-19(21-3)22-8-9-23-20-25-16-6-4-5-7-18(16)28-20;/h4-7,15,17H,8-14H2,1-3H3,(H,23,25)(H2,21,22,24);1H. The van der Waals surface area contributed by atoms with Crippen LogP contribution in [0, 0.1) is 5.92 Å². The molecule has 9 heteroatoms. The van der Waals surface area contributed by atoms with Gasteiger partial charge in [-0.2, -0.15) is 0 Å². The molecule has 1 aliphatic heterocycles. The van der Waals surface area contributed by atoms with Crippen molar-refractivity contribution in [1.82, 2.24) is 20.5 Å². The topological polar surface area (TPSA) is 73.8 Å². The van der Waals surface area contributed by atoms with Crippen LogP contribution in [0.2, 0.25) is 0 Å². The molecule has 162 valence electrons. The first kappa shape index (κ1) is 24.1. The number of aliphatic imine (C=N–C) groups is 1. The number of guanidine groups is 1. The zero-order chi connectivity index (χ0) is 19.8. The van der Waals surface area contributed by atoms with Crippen LogP contribution in [0.5, 0.6) is 0 Å². The summed E-state index contributed by atoms with van der Waals surface area (Å²) in [6, 6.07) is 8.68. The number of para-hydroxylation sites is 1. The van der Waals surface area contributed by atoms with Crippen LogP contribution in [0.25, 0.3) is 10.2 Å². The predicted octanol–water partition coefficient (Wildman–Crippen LogP) is 2.85. The summed E-state index contributed by atoms with van der Waals surface area (Å²) in [6.45, 7) is 10.7. The molecule has 0 saturated carbocycles. The van der Waals surface area contributed by atoms with E-state index in [2.05, 4.69) is 50.7 Å². The van der Waals surface area contributed by atoms with Gasteiger partial charge in [0.05, 0.1) is 23.4 Å². The molecule has 0 aliphatic carbocycles. The molecule has 0 spiro atoms. The van der Waals surface area contributed by atoms with E-state index in [-0.39, 0.29) is 24.0 Å². The average molecular weight is 532 g/mol. The molecular formula is C20H33IN6OS. The highest BCUT2D eigenvalue weighted by atomic mass is 127. The third kappa shape index (κ3) is 7.23. The van der Waals surface area contributed by atoms with E-state index in [1.54, 1.807) is 11.3 Å². The fourth-order valence-corrected chi connectivity index (χ4v) is 4.31. The number of rotatable bonds is 8. The van der Waals surface area contributed by atoms with Crippen molar-refractivity contribution in [1.29, 1.82) is 0 Å². The average Bonchev–Trinajstić information content (AvgIpc) is 3.13. The van der Waals surface area contributed by atoms with Crippen LogP contribution >= 0.6 is 35.3 Å². The first-order chi connectivity index (χ1) is 13.7. The molecule has 3 rings (SSSR count). The first-order valence-electron chi connectivity index (χ1n) is 10.0. The molecule has 1 aromatic heterocycles. The lowest BCUT2D eigenvalue weighted by Gasteiger charge is -2.37. The number of aromatic nitrogens is 1. The number of ether oxygens (including phenoxy) is 1. The number of fused-ring (bicyclic) bond motifs is 1. The van der Waals surface area contributed by atoms with E-state index in [1.165, 1.54) is 4.70 Å². The Balaban J connectivity index is 0.00000300. The second-order valence-electron chi connectivity index (χ2n) is 7.25. The van der Waals surface area contributed by atoms with Crippen molar-refractivity contribution in [3.63, 3.8) is 0 Å². The lowest BCUT2D eigenvalue weighted by molar-refractivity contribution is 0.00752. The van der Waals surface area contributed by atoms with Gasteiger partial charge in [0.25, 0.3) is 0 Å². The second kappa shape index (κ2) is 12.5. The predicted molar refractivity (Wildman–Crippen MR) is 134 cm³/mol. The molecule has 0 amide bonds. The monoisotopic (exact) mass is 532 g/mol. The Labute approximate surface area is 194 Å². The number of benzene rings is 1. The molecule has 1 aliphatic rings. The molecule has 1 unspecified atom stereocenters. The Bertz CT molecular complexity index is 729. The number of hydrogen-bond donors (Lipinski definition) is 3. The number of morpholine rings is 1. The van der Waals surface area contributed by atoms with Crippen molar-refractivity contribution in [2.75, 3.05) is 58.3 Å². The zero-order valence-corrected chi connectivity index (χ0v) is 20.6. The molecule has 3 N–H and O–H groups in total. The minimum absolute atomic E-state index is 0. The van der Waals surface area contributed by atoms with Gasteiger partial charge in [0.15, 0.2) is 11.1 Å². The fraction of sp³-hybridized carbons (Fsp3) is 0.600. The maximum absolute atomic E-state index is 5.49. The van der Waals surface area contributed by atoms with Crippen LogP contribution in [0.15, 0.2) is 29.3 Å². The molecule has 7 nitrogen and oxygen atoms in total. The Morgan fingerprint density at radius 1 is 1.21 bits per heavy atom. The van der Waals surface area contributed by atoms with Gasteiger partial charge in [0.1, 0.15) is 0 Å². The van der Waals surface area contributed by atoms with E-state index in [4.69, 9.17) is 4.74 Å². The van der Waals surface area contributed by atoms with Gasteiger partial charge in [-0.25, -0.2) is 4.98 Å². The highest BCUT2D eigenvalue weighted by molar-refractivity contribution is 14.0. The van der Waals surface area contributed by atoms with Crippen LogP contribution in [0.1, 0.15) is 13.8 Å². The Kier molecular flexibility index (Phi) is 10.4. The first-order valence-corrected chi connectivity index (χ1v) is 10.8. The minimum Gasteiger partial charge on any atom is -0.379 e. The van der Waals surface area contributed by atoms with E-state index in [1.807, 2.05) is 25.2 Å². The summed E-state index contributed by atoms with van der Waals surface area (Å²) in [7, 11) is 1.81. The van der Waals surface area contributed by atoms with E-state index in [0.717, 1.165) is 62.5 Å². The summed E-state index contributed by atoms with van der Waals surface area (Å²) in [5.41, 5.74) is 1.04. The maximum Gasteiger partial charge on any atom is 0.191 e. The quantitative estimate of drug-likeness (QED) is 0.210. The largest absolute Gasteiger partial charge is 0.379 e. The molecule has 2 heterocycles. The molecule has 1 fully saturated rings. The van der Waals surface area contributed by atoms with E-state index < -0.39 is 0 Å². The van der Waals surface area contributed by atoms with Gasteiger partial charge in [0, 0.05) is 45.8 Å². The summed E-state index contributed by atoms with van der Waals surface area (Å²) in [5, 5.41) is 11.2. The second-order valence-corrected chi connectivity index (χ2v) is 8.28. The van der Waals surface area contributed by atoms with Crippen molar-refractivity contribution in [2.24, 2.45) is 10.9 Å². The van der Waals surface area contributed by atoms with Gasteiger partial charge >= 0.3 is 0 Å². The minimum atomic E-state index is 0. The van der Waals surface area contributed by atoms with Gasteiger partial charge in [-0.1, -0.05) is 37.3 Å². The number of nitrogens with zero attached hydrogens (tertiary/aromatic N) is 3. The van der Waals surface area contributed by atoms with E-state index in [9.17, 15) is 0 Å². The van der Waals surface area contributed by atoms with Gasteiger partial charge in [-0.3, -0.25) is 9.89 Å². The Morgan fingerprint density at radius 2 is 1.97 bits per heavy atom. The smallest absolute Gasteiger partial charge is 0.191 e. The number of hydrogen-bond acceptors (Lipinski definition) is 6. The van der Waals surface area contributed by atoms with Crippen LogP contribution in [0.4, 0.5) is 5.13 Å². The van der Waals surface area contributed by atoms with Crippen molar-refractivity contribution in [3.05, 3.63) is 24.3 Å². The molecule has 0 radical (unpaired) electrons. The van der Waals surface area contributed by atoms with Crippen LogP contribution in [0.3, 0.4) is 0 Å². The van der Waals surface area contributed by atoms with Crippen LogP contribution in [-0.2, 0) is 4.74 Å². The molecule has 0 bridgehead atoms. The van der Waals surface area contributed by atoms with Crippen molar-refractivity contribution < 1.29 is 4.74 Å². The SMILES string of the molecule is CN=C(NCCNc1nc2ccccc2s1)NCC(C(C)C)N1CCOCC1.I. The summed E-state index contributed by atoms with van der Waals surface area (Å²) in [5.74, 6) is 1.41. The molecular weight excluding hydrogens is 499 g/mol. The summed E-state index contributed by atoms with van der Waals surface area (Å²) < 4.78 is 6.69. The number of thiazole rings is 1. The molecule has 1 atom stereocenters. The molecule has 2 aromatic rings. The third-order valence-electron chi connectivity index (χ3n) is 4.97. The van der Waals surface area contributed by atoms with E-state index in [0.29, 0.717) is 12.0 Å². The molecule has 29 heavy (non-hydrogen) atoms. The summed E-state index contributed by atoms with van der Waals surface area (Å²) in [4.78, 5) is 11.5. The number of nitrogens with one attached hydrogen (secondary N) is 3. The van der Waals surface area contributed by atoms with Crippen molar-refractivity contribution in [2.45, 2.75) is 19.9 Å². The van der Waals surface area contributed by atoms with Crippen LogP contribution < -0.4 is 16.0 Å². The maximum atomic E-state index is 5.49.